The zero-order valence-corrected chi connectivity index (χ0v) is 25.8. The molecule has 5 nitrogen and oxygen atoms in total. The lowest BCUT2D eigenvalue weighted by Gasteiger charge is -2.18. The van der Waals surface area contributed by atoms with Crippen molar-refractivity contribution in [2.24, 2.45) is 0 Å². The lowest BCUT2D eigenvalue weighted by Crippen LogP contribution is -2.01. The normalized spacial score (nSPS) is 11.3. The molecular weight excluding hydrogens is 587 g/mol. The number of pyridine rings is 2. The molecule has 6 aromatic carbocycles. The standard InChI is InChI=1S/C43H27N5/c1-2-12-28(13-3-1)31-24-38-34-18-5-4-16-32(34)33-17-6-8-20-36(33)40(38)39(25-31)35-19-7-9-21-37(35)43-47-41(29-14-10-22-44-26-29)46-42(48-43)30-15-11-23-45-27-30/h1-27H. The maximum Gasteiger partial charge on any atom is 0.165 e. The fraction of sp³-hybridized carbons (Fsp3) is 0. The van der Waals surface area contributed by atoms with Gasteiger partial charge in [0.2, 0.25) is 0 Å². The highest BCUT2D eigenvalue weighted by Gasteiger charge is 2.20. The number of hydrogen-bond acceptors (Lipinski definition) is 5. The van der Waals surface area contributed by atoms with Crippen LogP contribution in [0.3, 0.4) is 0 Å². The van der Waals surface area contributed by atoms with Crippen LogP contribution in [-0.2, 0) is 0 Å². The van der Waals surface area contributed by atoms with Crippen LogP contribution < -0.4 is 0 Å². The zero-order chi connectivity index (χ0) is 31.9. The van der Waals surface area contributed by atoms with Crippen molar-refractivity contribution in [3.8, 4) is 56.4 Å². The van der Waals surface area contributed by atoms with Crippen molar-refractivity contribution in [1.29, 1.82) is 0 Å². The van der Waals surface area contributed by atoms with Gasteiger partial charge in [0.1, 0.15) is 0 Å². The topological polar surface area (TPSA) is 64.5 Å². The van der Waals surface area contributed by atoms with Crippen LogP contribution in [0.15, 0.2) is 164 Å². The molecule has 0 fully saturated rings. The Kier molecular flexibility index (Phi) is 6.72. The Labute approximate surface area is 277 Å². The molecule has 0 saturated carbocycles. The second kappa shape index (κ2) is 11.6. The van der Waals surface area contributed by atoms with Crippen LogP contribution in [0.4, 0.5) is 0 Å². The smallest absolute Gasteiger partial charge is 0.165 e. The average Bonchev–Trinajstić information content (AvgIpc) is 3.18. The molecule has 0 spiro atoms. The van der Waals surface area contributed by atoms with Crippen LogP contribution in [0.1, 0.15) is 0 Å². The Morgan fingerprint density at radius 1 is 0.312 bits per heavy atom. The number of nitrogens with zero attached hydrogens (tertiary/aromatic N) is 5. The molecule has 0 unspecified atom stereocenters. The molecule has 5 heteroatoms. The Morgan fingerprint density at radius 3 is 1.44 bits per heavy atom. The van der Waals surface area contributed by atoms with E-state index < -0.39 is 0 Å². The minimum atomic E-state index is 0.557. The fourth-order valence-electron chi connectivity index (χ4n) is 6.70. The summed E-state index contributed by atoms with van der Waals surface area (Å²) in [7, 11) is 0. The van der Waals surface area contributed by atoms with Gasteiger partial charge in [0, 0.05) is 41.5 Å². The van der Waals surface area contributed by atoms with Crippen molar-refractivity contribution in [2.75, 3.05) is 0 Å². The Hall–Kier alpha value is -6.59. The first-order valence-electron chi connectivity index (χ1n) is 15.9. The van der Waals surface area contributed by atoms with Gasteiger partial charge in [0.15, 0.2) is 17.5 Å². The molecule has 9 aromatic rings. The van der Waals surface area contributed by atoms with E-state index in [1.165, 1.54) is 32.3 Å². The lowest BCUT2D eigenvalue weighted by molar-refractivity contribution is 1.07. The van der Waals surface area contributed by atoms with E-state index in [-0.39, 0.29) is 0 Å². The summed E-state index contributed by atoms with van der Waals surface area (Å²) in [6, 6.07) is 48.9. The molecule has 48 heavy (non-hydrogen) atoms. The van der Waals surface area contributed by atoms with Crippen LogP contribution in [-0.4, -0.2) is 24.9 Å². The van der Waals surface area contributed by atoms with Gasteiger partial charge in [0.05, 0.1) is 0 Å². The first-order valence-corrected chi connectivity index (χ1v) is 15.9. The van der Waals surface area contributed by atoms with Crippen molar-refractivity contribution < 1.29 is 0 Å². The predicted molar refractivity (Wildman–Crippen MR) is 195 cm³/mol. The summed E-state index contributed by atoms with van der Waals surface area (Å²) in [5, 5.41) is 7.30. The third-order valence-electron chi connectivity index (χ3n) is 8.88. The van der Waals surface area contributed by atoms with Crippen LogP contribution >= 0.6 is 0 Å². The first kappa shape index (κ1) is 27.7. The Bertz CT molecular complexity index is 2550. The van der Waals surface area contributed by atoms with Gasteiger partial charge >= 0.3 is 0 Å². The quantitative estimate of drug-likeness (QED) is 0.181. The van der Waals surface area contributed by atoms with Gasteiger partial charge < -0.3 is 0 Å². The van der Waals surface area contributed by atoms with Crippen molar-refractivity contribution in [1.82, 2.24) is 24.9 Å². The van der Waals surface area contributed by atoms with Gasteiger partial charge in [-0.25, -0.2) is 15.0 Å². The van der Waals surface area contributed by atoms with Gasteiger partial charge in [-0.05, 0) is 91.0 Å². The second-order valence-electron chi connectivity index (χ2n) is 11.7. The van der Waals surface area contributed by atoms with Crippen LogP contribution in [0, 0.1) is 0 Å². The molecule has 224 valence electrons. The van der Waals surface area contributed by atoms with Gasteiger partial charge in [-0.3, -0.25) is 9.97 Å². The third-order valence-corrected chi connectivity index (χ3v) is 8.88. The van der Waals surface area contributed by atoms with E-state index in [1.54, 1.807) is 24.8 Å². The van der Waals surface area contributed by atoms with Gasteiger partial charge in [-0.15, -0.1) is 0 Å². The molecule has 0 amide bonds. The van der Waals surface area contributed by atoms with Crippen molar-refractivity contribution in [3.05, 3.63) is 164 Å². The van der Waals surface area contributed by atoms with Crippen LogP contribution in [0.2, 0.25) is 0 Å². The number of benzene rings is 6. The van der Waals surface area contributed by atoms with E-state index in [9.17, 15) is 0 Å². The highest BCUT2D eigenvalue weighted by atomic mass is 15.0. The summed E-state index contributed by atoms with van der Waals surface area (Å²) in [4.78, 5) is 23.7. The lowest BCUT2D eigenvalue weighted by atomic mass is 9.85. The van der Waals surface area contributed by atoms with Crippen molar-refractivity contribution in [3.63, 3.8) is 0 Å². The van der Waals surface area contributed by atoms with Gasteiger partial charge in [-0.1, -0.05) is 103 Å². The molecule has 0 bridgehead atoms. The van der Waals surface area contributed by atoms with Crippen LogP contribution in [0.5, 0.6) is 0 Å². The molecule has 0 radical (unpaired) electrons. The highest BCUT2D eigenvalue weighted by Crippen LogP contribution is 2.44. The summed E-state index contributed by atoms with van der Waals surface area (Å²) in [6.07, 6.45) is 7.07. The van der Waals surface area contributed by atoms with Crippen molar-refractivity contribution in [2.45, 2.75) is 0 Å². The Morgan fingerprint density at radius 2 is 0.812 bits per heavy atom. The van der Waals surface area contributed by atoms with Gasteiger partial charge in [0.25, 0.3) is 0 Å². The van der Waals surface area contributed by atoms with E-state index in [0.717, 1.165) is 38.9 Å². The summed E-state index contributed by atoms with van der Waals surface area (Å²) >= 11 is 0. The van der Waals surface area contributed by atoms with Crippen LogP contribution in [0.25, 0.3) is 88.7 Å². The second-order valence-corrected chi connectivity index (χ2v) is 11.7. The van der Waals surface area contributed by atoms with Gasteiger partial charge in [-0.2, -0.15) is 0 Å². The number of aromatic nitrogens is 5. The molecule has 0 N–H and O–H groups in total. The minimum Gasteiger partial charge on any atom is -0.264 e. The van der Waals surface area contributed by atoms with E-state index in [2.05, 4.69) is 119 Å². The zero-order valence-electron chi connectivity index (χ0n) is 25.8. The Balaban J connectivity index is 1.39. The number of rotatable bonds is 5. The molecule has 0 aliphatic carbocycles. The summed E-state index contributed by atoms with van der Waals surface area (Å²) in [5.74, 6) is 1.70. The maximum atomic E-state index is 5.08. The molecule has 9 rings (SSSR count). The van der Waals surface area contributed by atoms with E-state index in [4.69, 9.17) is 15.0 Å². The molecular formula is C43H27N5. The molecule has 0 aliphatic rings. The van der Waals surface area contributed by atoms with Crippen molar-refractivity contribution >= 4 is 32.3 Å². The largest absolute Gasteiger partial charge is 0.264 e. The number of hydrogen-bond donors (Lipinski definition) is 0. The first-order chi connectivity index (χ1) is 23.8. The highest BCUT2D eigenvalue weighted by molar-refractivity contribution is 6.29. The van der Waals surface area contributed by atoms with E-state index >= 15 is 0 Å². The molecule has 3 aromatic heterocycles. The molecule has 0 aliphatic heterocycles. The summed E-state index contributed by atoms with van der Waals surface area (Å²) < 4.78 is 0. The molecule has 0 saturated heterocycles. The SMILES string of the molecule is c1ccc(-c2cc(-c3ccccc3-c3nc(-c4cccnc4)nc(-c4cccnc4)n3)c3c4ccccc4c4ccccc4c3c2)cc1. The summed E-state index contributed by atoms with van der Waals surface area (Å²) in [6.45, 7) is 0. The van der Waals surface area contributed by atoms with E-state index in [1.807, 2.05) is 30.3 Å². The predicted octanol–water partition coefficient (Wildman–Crippen LogP) is 10.5. The van der Waals surface area contributed by atoms with E-state index in [0.29, 0.717) is 17.5 Å². The fourth-order valence-corrected chi connectivity index (χ4v) is 6.70. The average molecular weight is 614 g/mol. The number of fused-ring (bicyclic) bond motifs is 6. The maximum absolute atomic E-state index is 5.08. The monoisotopic (exact) mass is 613 g/mol. The third kappa shape index (κ3) is 4.77. The summed E-state index contributed by atoms with van der Waals surface area (Å²) in [5.41, 5.74) is 7.02. The molecule has 3 heterocycles. The molecule has 0 atom stereocenters. The minimum absolute atomic E-state index is 0.557.